The fourth-order valence-electron chi connectivity index (χ4n) is 1.46. The number of ether oxygens (including phenoxy) is 2. The van der Waals surface area contributed by atoms with Crippen LogP contribution in [0.3, 0.4) is 0 Å². The molecule has 1 aromatic carbocycles. The van der Waals surface area contributed by atoms with Crippen molar-refractivity contribution >= 4 is 27.5 Å². The van der Waals surface area contributed by atoms with Gasteiger partial charge in [0.2, 0.25) is 5.88 Å². The van der Waals surface area contributed by atoms with E-state index in [1.165, 1.54) is 0 Å². The lowest BCUT2D eigenvalue weighted by Gasteiger charge is -2.10. The zero-order valence-corrected chi connectivity index (χ0v) is 12.0. The molecule has 0 aliphatic carbocycles. The molecule has 0 radical (unpaired) electrons. The molecule has 0 spiro atoms. The van der Waals surface area contributed by atoms with Crippen LogP contribution < -0.4 is 9.47 Å². The molecule has 0 amide bonds. The maximum Gasteiger partial charge on any atom is 0.214 e. The quantitative estimate of drug-likeness (QED) is 0.792. The largest absolute Gasteiger partial charge is 0.496 e. The molecular formula is C13H11BrClNO2. The molecule has 0 N–H and O–H groups in total. The third kappa shape index (κ3) is 3.37. The second kappa shape index (κ2) is 6.07. The number of hydrogen-bond donors (Lipinski definition) is 0. The monoisotopic (exact) mass is 327 g/mol. The Morgan fingerprint density at radius 2 is 2.11 bits per heavy atom. The fraction of sp³-hybridized carbons (Fsp3) is 0.154. The van der Waals surface area contributed by atoms with Gasteiger partial charge in [-0.1, -0.05) is 23.7 Å². The second-order valence-electron chi connectivity index (χ2n) is 3.54. The highest BCUT2D eigenvalue weighted by atomic mass is 79.9. The molecule has 3 nitrogen and oxygen atoms in total. The molecule has 0 bridgehead atoms. The number of rotatable bonds is 4. The molecule has 2 aromatic rings. The summed E-state index contributed by atoms with van der Waals surface area (Å²) in [5.74, 6) is 1.26. The first-order chi connectivity index (χ1) is 8.69. The first kappa shape index (κ1) is 13.2. The number of pyridine rings is 1. The lowest BCUT2D eigenvalue weighted by atomic mass is 10.2. The highest BCUT2D eigenvalue weighted by Gasteiger charge is 2.05. The predicted molar refractivity (Wildman–Crippen MR) is 74.3 cm³/mol. The van der Waals surface area contributed by atoms with Crippen molar-refractivity contribution < 1.29 is 9.47 Å². The molecule has 1 aromatic heterocycles. The highest BCUT2D eigenvalue weighted by Crippen LogP contribution is 2.24. The summed E-state index contributed by atoms with van der Waals surface area (Å²) in [6.07, 6.45) is 0. The Kier molecular flexibility index (Phi) is 4.44. The normalized spacial score (nSPS) is 10.2. The van der Waals surface area contributed by atoms with Crippen molar-refractivity contribution in [3.05, 3.63) is 51.6 Å². The van der Waals surface area contributed by atoms with Crippen LogP contribution in [0.25, 0.3) is 0 Å². The van der Waals surface area contributed by atoms with Crippen molar-refractivity contribution in [2.45, 2.75) is 6.61 Å². The summed E-state index contributed by atoms with van der Waals surface area (Å²) >= 11 is 9.19. The van der Waals surface area contributed by atoms with E-state index in [0.29, 0.717) is 23.3 Å². The second-order valence-corrected chi connectivity index (χ2v) is 4.79. The lowest BCUT2D eigenvalue weighted by Crippen LogP contribution is -2.00. The van der Waals surface area contributed by atoms with Gasteiger partial charge in [0, 0.05) is 16.7 Å². The van der Waals surface area contributed by atoms with Crippen LogP contribution in [-0.2, 0) is 6.61 Å². The molecular weight excluding hydrogens is 318 g/mol. The van der Waals surface area contributed by atoms with E-state index in [4.69, 9.17) is 21.1 Å². The zero-order valence-electron chi connectivity index (χ0n) is 9.69. The Morgan fingerprint density at radius 1 is 1.28 bits per heavy atom. The van der Waals surface area contributed by atoms with E-state index >= 15 is 0 Å². The van der Waals surface area contributed by atoms with Gasteiger partial charge in [0.1, 0.15) is 17.0 Å². The molecule has 0 fully saturated rings. The van der Waals surface area contributed by atoms with E-state index < -0.39 is 0 Å². The molecule has 1 heterocycles. The molecule has 0 aliphatic rings. The first-order valence-electron chi connectivity index (χ1n) is 5.27. The van der Waals surface area contributed by atoms with Gasteiger partial charge in [-0.05, 0) is 34.1 Å². The van der Waals surface area contributed by atoms with Gasteiger partial charge in [0.25, 0.3) is 0 Å². The van der Waals surface area contributed by atoms with E-state index in [1.807, 2.05) is 18.2 Å². The van der Waals surface area contributed by atoms with Crippen LogP contribution in [0.1, 0.15) is 5.56 Å². The third-order valence-corrected chi connectivity index (χ3v) is 2.99. The van der Waals surface area contributed by atoms with Crippen LogP contribution in [0.4, 0.5) is 0 Å². The van der Waals surface area contributed by atoms with Crippen LogP contribution >= 0.6 is 27.5 Å². The number of halogens is 2. The first-order valence-corrected chi connectivity index (χ1v) is 6.44. The van der Waals surface area contributed by atoms with E-state index in [0.717, 1.165) is 10.2 Å². The smallest absolute Gasteiger partial charge is 0.214 e. The molecule has 0 saturated carbocycles. The van der Waals surface area contributed by atoms with Crippen LogP contribution in [0.15, 0.2) is 41.0 Å². The topological polar surface area (TPSA) is 31.4 Å². The fourth-order valence-corrected chi connectivity index (χ4v) is 1.95. The van der Waals surface area contributed by atoms with Crippen LogP contribution in [0.2, 0.25) is 5.02 Å². The minimum atomic E-state index is 0.379. The molecule has 5 heteroatoms. The lowest BCUT2D eigenvalue weighted by molar-refractivity contribution is 0.285. The Balaban J connectivity index is 2.10. The summed E-state index contributed by atoms with van der Waals surface area (Å²) in [6.45, 7) is 0.379. The third-order valence-electron chi connectivity index (χ3n) is 2.31. The predicted octanol–water partition coefficient (Wildman–Crippen LogP) is 4.09. The average molecular weight is 329 g/mol. The van der Waals surface area contributed by atoms with Crippen molar-refractivity contribution in [3.8, 4) is 11.6 Å². The number of methoxy groups -OCH3 is 1. The van der Waals surface area contributed by atoms with Crippen molar-refractivity contribution in [1.82, 2.24) is 4.98 Å². The van der Waals surface area contributed by atoms with Gasteiger partial charge < -0.3 is 9.47 Å². The van der Waals surface area contributed by atoms with Crippen LogP contribution in [0.5, 0.6) is 11.6 Å². The van der Waals surface area contributed by atoms with Gasteiger partial charge in [0.15, 0.2) is 0 Å². The van der Waals surface area contributed by atoms with Gasteiger partial charge >= 0.3 is 0 Å². The van der Waals surface area contributed by atoms with E-state index in [9.17, 15) is 0 Å². The van der Waals surface area contributed by atoms with Gasteiger partial charge in [-0.25, -0.2) is 4.98 Å². The average Bonchev–Trinajstić information content (AvgIpc) is 2.37. The maximum atomic E-state index is 5.89. The molecule has 94 valence electrons. The Labute approximate surface area is 119 Å². The molecule has 0 aliphatic heterocycles. The molecule has 0 atom stereocenters. The summed E-state index contributed by atoms with van der Waals surface area (Å²) in [5.41, 5.74) is 0.920. The number of nitrogens with zero attached hydrogens (tertiary/aromatic N) is 1. The highest BCUT2D eigenvalue weighted by molar-refractivity contribution is 9.10. The summed E-state index contributed by atoms with van der Waals surface area (Å²) in [5, 5.41) is 0.635. The Bertz CT molecular complexity index is 548. The van der Waals surface area contributed by atoms with Gasteiger partial charge in [-0.3, -0.25) is 0 Å². The number of benzene rings is 1. The molecule has 2 rings (SSSR count). The summed E-state index contributed by atoms with van der Waals surface area (Å²) in [7, 11) is 1.60. The van der Waals surface area contributed by atoms with E-state index in [1.54, 1.807) is 25.3 Å². The van der Waals surface area contributed by atoms with Crippen molar-refractivity contribution in [1.29, 1.82) is 0 Å². The van der Waals surface area contributed by atoms with Crippen LogP contribution in [-0.4, -0.2) is 12.1 Å². The molecule has 0 saturated heterocycles. The standard InChI is InChI=1S/C13H11BrClNO2/c1-17-11-7-10(15)6-5-9(11)8-18-13-4-2-3-12(14)16-13/h2-7H,8H2,1H3. The van der Waals surface area contributed by atoms with Crippen LogP contribution in [0, 0.1) is 0 Å². The van der Waals surface area contributed by atoms with Gasteiger partial charge in [0.05, 0.1) is 7.11 Å². The van der Waals surface area contributed by atoms with E-state index in [2.05, 4.69) is 20.9 Å². The molecule has 0 unspecified atom stereocenters. The Morgan fingerprint density at radius 3 is 2.83 bits per heavy atom. The minimum Gasteiger partial charge on any atom is -0.496 e. The summed E-state index contributed by atoms with van der Waals surface area (Å²) < 4.78 is 11.6. The van der Waals surface area contributed by atoms with Crippen molar-refractivity contribution in [2.75, 3.05) is 7.11 Å². The van der Waals surface area contributed by atoms with Crippen molar-refractivity contribution in [3.63, 3.8) is 0 Å². The maximum absolute atomic E-state index is 5.89. The summed E-state index contributed by atoms with van der Waals surface area (Å²) in [6, 6.07) is 10.9. The number of aromatic nitrogens is 1. The van der Waals surface area contributed by atoms with Gasteiger partial charge in [-0.2, -0.15) is 0 Å². The van der Waals surface area contributed by atoms with Crippen molar-refractivity contribution in [2.24, 2.45) is 0 Å². The molecule has 18 heavy (non-hydrogen) atoms. The van der Waals surface area contributed by atoms with Gasteiger partial charge in [-0.15, -0.1) is 0 Å². The number of hydrogen-bond acceptors (Lipinski definition) is 3. The SMILES string of the molecule is COc1cc(Cl)ccc1COc1cccc(Br)n1. The van der Waals surface area contributed by atoms with E-state index in [-0.39, 0.29) is 0 Å². The zero-order chi connectivity index (χ0) is 13.0. The summed E-state index contributed by atoms with van der Waals surface area (Å²) in [4.78, 5) is 4.19. The minimum absolute atomic E-state index is 0.379. The Hall–Kier alpha value is -1.26.